The van der Waals surface area contributed by atoms with Gasteiger partial charge in [0.15, 0.2) is 5.78 Å². The largest absolute Gasteiger partial charge is 0.369 e. The lowest BCUT2D eigenvalue weighted by atomic mass is 10.0. The number of amides is 1. The van der Waals surface area contributed by atoms with Crippen LogP contribution in [0.4, 0.5) is 10.1 Å². The molecule has 0 saturated carbocycles. The van der Waals surface area contributed by atoms with E-state index < -0.39 is 6.04 Å². The second-order valence-corrected chi connectivity index (χ2v) is 7.16. The highest BCUT2D eigenvalue weighted by Crippen LogP contribution is 2.16. The van der Waals surface area contributed by atoms with E-state index >= 15 is 0 Å². The molecule has 0 aliphatic carbocycles. The van der Waals surface area contributed by atoms with E-state index in [1.165, 1.54) is 19.1 Å². The minimum absolute atomic E-state index is 0.0432. The van der Waals surface area contributed by atoms with Crippen molar-refractivity contribution in [1.82, 2.24) is 10.2 Å². The highest BCUT2D eigenvalue weighted by Gasteiger charge is 2.22. The van der Waals surface area contributed by atoms with Crippen LogP contribution in [0.15, 0.2) is 54.6 Å². The third-order valence-electron chi connectivity index (χ3n) is 5.04. The van der Waals surface area contributed by atoms with Crippen molar-refractivity contribution >= 4 is 17.4 Å². The zero-order valence-electron chi connectivity index (χ0n) is 16.1. The summed E-state index contributed by atoms with van der Waals surface area (Å²) in [5, 5.41) is 2.88. The summed E-state index contributed by atoms with van der Waals surface area (Å²) in [5.74, 6) is -0.417. The Labute approximate surface area is 165 Å². The van der Waals surface area contributed by atoms with Crippen LogP contribution in [-0.4, -0.2) is 55.4 Å². The van der Waals surface area contributed by atoms with Gasteiger partial charge in [-0.3, -0.25) is 14.5 Å². The summed E-state index contributed by atoms with van der Waals surface area (Å²) in [5.41, 5.74) is 2.01. The second-order valence-electron chi connectivity index (χ2n) is 7.16. The van der Waals surface area contributed by atoms with Gasteiger partial charge in [-0.1, -0.05) is 30.3 Å². The minimum atomic E-state index is -0.504. The molecule has 0 spiro atoms. The quantitative estimate of drug-likeness (QED) is 0.797. The molecule has 1 amide bonds. The molecule has 2 aromatic carbocycles. The summed E-state index contributed by atoms with van der Waals surface area (Å²) in [4.78, 5) is 28.6. The zero-order chi connectivity index (χ0) is 19.9. The van der Waals surface area contributed by atoms with Crippen molar-refractivity contribution in [3.05, 3.63) is 66.0 Å². The maximum Gasteiger partial charge on any atom is 0.234 e. The van der Waals surface area contributed by atoms with E-state index in [0.29, 0.717) is 6.42 Å². The molecular weight excluding hydrogens is 357 g/mol. The van der Waals surface area contributed by atoms with E-state index in [4.69, 9.17) is 0 Å². The predicted molar refractivity (Wildman–Crippen MR) is 108 cm³/mol. The fourth-order valence-corrected chi connectivity index (χ4v) is 3.41. The van der Waals surface area contributed by atoms with Gasteiger partial charge in [-0.2, -0.15) is 0 Å². The molecule has 1 N–H and O–H groups in total. The molecule has 148 valence electrons. The Kier molecular flexibility index (Phi) is 6.76. The molecule has 5 nitrogen and oxygen atoms in total. The Balaban J connectivity index is 1.48. The Morgan fingerprint density at radius 1 is 1.00 bits per heavy atom. The van der Waals surface area contributed by atoms with Crippen LogP contribution in [0, 0.1) is 5.82 Å². The van der Waals surface area contributed by atoms with Gasteiger partial charge in [0, 0.05) is 31.9 Å². The summed E-state index contributed by atoms with van der Waals surface area (Å²) in [6, 6.07) is 15.7. The number of piperazine rings is 1. The molecule has 0 bridgehead atoms. The number of nitrogens with one attached hydrogen (secondary N) is 1. The molecule has 1 atom stereocenters. The highest BCUT2D eigenvalue weighted by molar-refractivity contribution is 5.88. The molecule has 1 heterocycles. The van der Waals surface area contributed by atoms with Crippen molar-refractivity contribution in [3.8, 4) is 0 Å². The topological polar surface area (TPSA) is 52.7 Å². The normalized spacial score (nSPS) is 15.9. The van der Waals surface area contributed by atoms with E-state index in [9.17, 15) is 14.0 Å². The lowest BCUT2D eigenvalue weighted by Crippen LogP contribution is -2.51. The molecule has 1 saturated heterocycles. The third-order valence-corrected chi connectivity index (χ3v) is 5.04. The Morgan fingerprint density at radius 3 is 2.25 bits per heavy atom. The van der Waals surface area contributed by atoms with E-state index in [-0.39, 0.29) is 24.1 Å². The van der Waals surface area contributed by atoms with Crippen molar-refractivity contribution in [2.24, 2.45) is 0 Å². The molecule has 0 unspecified atom stereocenters. The van der Waals surface area contributed by atoms with Gasteiger partial charge in [-0.15, -0.1) is 0 Å². The first-order valence-corrected chi connectivity index (χ1v) is 9.58. The van der Waals surface area contributed by atoms with Crippen LogP contribution in [0.5, 0.6) is 0 Å². The number of halogens is 1. The van der Waals surface area contributed by atoms with Crippen LogP contribution in [0.25, 0.3) is 0 Å². The standard InChI is InChI=1S/C22H26FN3O2/c1-17(27)21(15-18-5-3-2-4-6-18)24-22(28)16-25-11-13-26(14-12-25)20-9-7-19(23)8-10-20/h2-10,21H,11-16H2,1H3,(H,24,28)/t21-/m0/s1. The Hall–Kier alpha value is -2.73. The lowest BCUT2D eigenvalue weighted by Gasteiger charge is -2.35. The molecule has 28 heavy (non-hydrogen) atoms. The average molecular weight is 383 g/mol. The smallest absolute Gasteiger partial charge is 0.234 e. The Bertz CT molecular complexity index is 787. The van der Waals surface area contributed by atoms with Crippen LogP contribution < -0.4 is 10.2 Å². The summed E-state index contributed by atoms with van der Waals surface area (Å²) in [6.07, 6.45) is 0.500. The van der Waals surface area contributed by atoms with E-state index in [0.717, 1.165) is 37.4 Å². The zero-order valence-corrected chi connectivity index (χ0v) is 16.1. The first-order chi connectivity index (χ1) is 13.5. The molecule has 1 aliphatic rings. The van der Waals surface area contributed by atoms with Crippen LogP contribution in [0.2, 0.25) is 0 Å². The van der Waals surface area contributed by atoms with Gasteiger partial charge in [0.25, 0.3) is 0 Å². The molecule has 1 aliphatic heterocycles. The molecule has 3 rings (SSSR count). The van der Waals surface area contributed by atoms with Crippen molar-refractivity contribution in [2.75, 3.05) is 37.6 Å². The van der Waals surface area contributed by atoms with Crippen LogP contribution in [-0.2, 0) is 16.0 Å². The maximum absolute atomic E-state index is 13.1. The molecular formula is C22H26FN3O2. The van der Waals surface area contributed by atoms with Crippen molar-refractivity contribution in [2.45, 2.75) is 19.4 Å². The van der Waals surface area contributed by atoms with E-state index in [2.05, 4.69) is 15.1 Å². The summed E-state index contributed by atoms with van der Waals surface area (Å²) in [7, 11) is 0. The first kappa shape index (κ1) is 20.0. The number of Topliss-reactive ketones (excluding diaryl/α,β-unsaturated/α-hetero) is 1. The van der Waals surface area contributed by atoms with Crippen molar-refractivity contribution < 1.29 is 14.0 Å². The molecule has 2 aromatic rings. The third kappa shape index (κ3) is 5.63. The molecule has 1 fully saturated rings. The van der Waals surface area contributed by atoms with Gasteiger partial charge in [-0.25, -0.2) is 4.39 Å². The fourth-order valence-electron chi connectivity index (χ4n) is 3.41. The van der Waals surface area contributed by atoms with Gasteiger partial charge < -0.3 is 10.2 Å². The number of anilines is 1. The monoisotopic (exact) mass is 383 g/mol. The summed E-state index contributed by atoms with van der Waals surface area (Å²) in [6.45, 7) is 4.83. The summed E-state index contributed by atoms with van der Waals surface area (Å²) < 4.78 is 13.1. The van der Waals surface area contributed by atoms with Crippen LogP contribution >= 0.6 is 0 Å². The van der Waals surface area contributed by atoms with Gasteiger partial charge >= 0.3 is 0 Å². The number of ketones is 1. The van der Waals surface area contributed by atoms with Gasteiger partial charge in [-0.05, 0) is 43.2 Å². The van der Waals surface area contributed by atoms with Crippen molar-refractivity contribution in [1.29, 1.82) is 0 Å². The highest BCUT2D eigenvalue weighted by atomic mass is 19.1. The molecule has 6 heteroatoms. The number of hydrogen-bond acceptors (Lipinski definition) is 4. The van der Waals surface area contributed by atoms with Gasteiger partial charge in [0.05, 0.1) is 12.6 Å². The SMILES string of the molecule is CC(=O)[C@H](Cc1ccccc1)NC(=O)CN1CCN(c2ccc(F)cc2)CC1. The van der Waals surface area contributed by atoms with Gasteiger partial charge in [0.1, 0.15) is 5.82 Å². The van der Waals surface area contributed by atoms with Crippen LogP contribution in [0.1, 0.15) is 12.5 Å². The first-order valence-electron chi connectivity index (χ1n) is 9.58. The minimum Gasteiger partial charge on any atom is -0.369 e. The molecule has 0 radical (unpaired) electrons. The predicted octanol–water partition coefficient (Wildman–Crippen LogP) is 2.26. The summed E-state index contributed by atoms with van der Waals surface area (Å²) >= 11 is 0. The number of carbonyl (C=O) groups excluding carboxylic acids is 2. The number of rotatable bonds is 7. The number of hydrogen-bond donors (Lipinski definition) is 1. The van der Waals surface area contributed by atoms with Crippen molar-refractivity contribution in [3.63, 3.8) is 0 Å². The van der Waals surface area contributed by atoms with E-state index in [1.807, 2.05) is 30.3 Å². The number of benzene rings is 2. The van der Waals surface area contributed by atoms with E-state index in [1.54, 1.807) is 12.1 Å². The Morgan fingerprint density at radius 2 is 1.64 bits per heavy atom. The number of nitrogens with zero attached hydrogens (tertiary/aromatic N) is 2. The van der Waals surface area contributed by atoms with Crippen LogP contribution in [0.3, 0.4) is 0 Å². The van der Waals surface area contributed by atoms with Gasteiger partial charge in [0.2, 0.25) is 5.91 Å². The lowest BCUT2D eigenvalue weighted by molar-refractivity contribution is -0.127. The maximum atomic E-state index is 13.1. The fraction of sp³-hybridized carbons (Fsp3) is 0.364. The average Bonchev–Trinajstić information content (AvgIpc) is 2.69. The molecule has 0 aromatic heterocycles. The number of carbonyl (C=O) groups is 2. The second kappa shape index (κ2) is 9.46.